The van der Waals surface area contributed by atoms with E-state index in [1.807, 2.05) is 28.8 Å². The predicted octanol–water partition coefficient (Wildman–Crippen LogP) is 2.23. The van der Waals surface area contributed by atoms with Crippen molar-refractivity contribution in [3.05, 3.63) is 48.5 Å². The Bertz CT molecular complexity index is 530. The first-order chi connectivity index (χ1) is 8.03. The highest BCUT2D eigenvalue weighted by atomic mass is 16.4. The molecular formula is C13H14N2O2. The fourth-order valence-corrected chi connectivity index (χ4v) is 1.74. The molecule has 0 amide bonds. The van der Waals surface area contributed by atoms with Crippen LogP contribution < -0.4 is 0 Å². The van der Waals surface area contributed by atoms with Crippen LogP contribution in [-0.4, -0.2) is 20.6 Å². The van der Waals surface area contributed by atoms with Crippen LogP contribution in [0.1, 0.15) is 19.4 Å². The van der Waals surface area contributed by atoms with Gasteiger partial charge in [-0.1, -0.05) is 18.2 Å². The van der Waals surface area contributed by atoms with Crippen LogP contribution in [0.15, 0.2) is 43.0 Å². The van der Waals surface area contributed by atoms with Crippen LogP contribution in [0.3, 0.4) is 0 Å². The van der Waals surface area contributed by atoms with Gasteiger partial charge in [0.15, 0.2) is 0 Å². The Morgan fingerprint density at radius 2 is 2.06 bits per heavy atom. The zero-order chi connectivity index (χ0) is 12.5. The molecule has 4 nitrogen and oxygen atoms in total. The molecule has 1 N–H and O–H groups in total. The third-order valence-electron chi connectivity index (χ3n) is 2.89. The maximum absolute atomic E-state index is 11.3. The Labute approximate surface area is 99.5 Å². The first-order valence-corrected chi connectivity index (χ1v) is 5.34. The van der Waals surface area contributed by atoms with Gasteiger partial charge in [-0.2, -0.15) is 0 Å². The predicted molar refractivity (Wildman–Crippen MR) is 64.2 cm³/mol. The number of rotatable bonds is 3. The minimum atomic E-state index is -0.930. The van der Waals surface area contributed by atoms with E-state index in [1.165, 1.54) is 0 Å². The van der Waals surface area contributed by atoms with Crippen LogP contribution in [0.25, 0.3) is 5.69 Å². The van der Waals surface area contributed by atoms with E-state index in [0.717, 1.165) is 11.3 Å². The highest BCUT2D eigenvalue weighted by Gasteiger charge is 2.31. The van der Waals surface area contributed by atoms with E-state index in [-0.39, 0.29) is 0 Å². The number of imidazole rings is 1. The van der Waals surface area contributed by atoms with Crippen LogP contribution in [0.5, 0.6) is 0 Å². The van der Waals surface area contributed by atoms with Crippen molar-refractivity contribution in [2.45, 2.75) is 19.3 Å². The molecule has 0 aliphatic carbocycles. The first kappa shape index (κ1) is 11.4. The number of aromatic nitrogens is 2. The second-order valence-electron chi connectivity index (χ2n) is 4.42. The van der Waals surface area contributed by atoms with Crippen molar-refractivity contribution in [2.75, 3.05) is 0 Å². The monoisotopic (exact) mass is 230 g/mol. The summed E-state index contributed by atoms with van der Waals surface area (Å²) in [6, 6.07) is 7.46. The second kappa shape index (κ2) is 4.05. The molecule has 0 saturated heterocycles. The number of carboxylic acid groups (broad SMARTS) is 1. The lowest BCUT2D eigenvalue weighted by atomic mass is 9.83. The van der Waals surface area contributed by atoms with E-state index in [9.17, 15) is 9.90 Å². The van der Waals surface area contributed by atoms with E-state index in [2.05, 4.69) is 4.98 Å². The number of benzene rings is 1. The van der Waals surface area contributed by atoms with Gasteiger partial charge >= 0.3 is 5.97 Å². The SMILES string of the molecule is CC(C)(C(=O)O)c1ccccc1-n1ccnc1. The Morgan fingerprint density at radius 3 is 2.65 bits per heavy atom. The van der Waals surface area contributed by atoms with Crippen LogP contribution in [-0.2, 0) is 10.2 Å². The molecule has 0 spiro atoms. The average Bonchev–Trinajstić information content (AvgIpc) is 2.82. The molecule has 0 atom stereocenters. The molecule has 0 unspecified atom stereocenters. The van der Waals surface area contributed by atoms with Gasteiger partial charge in [0.05, 0.1) is 17.4 Å². The zero-order valence-electron chi connectivity index (χ0n) is 9.79. The van der Waals surface area contributed by atoms with Gasteiger partial charge in [-0.05, 0) is 25.5 Å². The number of para-hydroxylation sites is 1. The quantitative estimate of drug-likeness (QED) is 0.879. The number of hydrogen-bond acceptors (Lipinski definition) is 2. The summed E-state index contributed by atoms with van der Waals surface area (Å²) in [5, 5.41) is 9.29. The molecule has 88 valence electrons. The normalized spacial score (nSPS) is 11.4. The maximum atomic E-state index is 11.3. The second-order valence-corrected chi connectivity index (χ2v) is 4.42. The van der Waals surface area contributed by atoms with E-state index >= 15 is 0 Å². The fraction of sp³-hybridized carbons (Fsp3) is 0.231. The molecule has 4 heteroatoms. The van der Waals surface area contributed by atoms with Gasteiger partial charge in [0.2, 0.25) is 0 Å². The molecular weight excluding hydrogens is 216 g/mol. The summed E-state index contributed by atoms with van der Waals surface area (Å²) in [7, 11) is 0. The molecule has 1 heterocycles. The summed E-state index contributed by atoms with van der Waals surface area (Å²) in [6.07, 6.45) is 5.14. The first-order valence-electron chi connectivity index (χ1n) is 5.34. The van der Waals surface area contributed by atoms with Crippen molar-refractivity contribution < 1.29 is 9.90 Å². The van der Waals surface area contributed by atoms with Crippen LogP contribution >= 0.6 is 0 Å². The van der Waals surface area contributed by atoms with E-state index in [0.29, 0.717) is 0 Å². The summed E-state index contributed by atoms with van der Waals surface area (Å²) in [4.78, 5) is 15.3. The highest BCUT2D eigenvalue weighted by Crippen LogP contribution is 2.28. The van der Waals surface area contributed by atoms with Gasteiger partial charge in [-0.15, -0.1) is 0 Å². The third kappa shape index (κ3) is 1.93. The maximum Gasteiger partial charge on any atom is 0.313 e. The molecule has 17 heavy (non-hydrogen) atoms. The Balaban J connectivity index is 2.60. The van der Waals surface area contributed by atoms with Crippen LogP contribution in [0.4, 0.5) is 0 Å². The van der Waals surface area contributed by atoms with Crippen molar-refractivity contribution in [3.63, 3.8) is 0 Å². The molecule has 0 fully saturated rings. The molecule has 2 aromatic rings. The van der Waals surface area contributed by atoms with Gasteiger partial charge in [0, 0.05) is 12.4 Å². The fourth-order valence-electron chi connectivity index (χ4n) is 1.74. The third-order valence-corrected chi connectivity index (χ3v) is 2.89. The number of hydrogen-bond donors (Lipinski definition) is 1. The van der Waals surface area contributed by atoms with Gasteiger partial charge in [0.1, 0.15) is 0 Å². The van der Waals surface area contributed by atoms with Gasteiger partial charge in [-0.25, -0.2) is 4.98 Å². The topological polar surface area (TPSA) is 55.1 Å². The van der Waals surface area contributed by atoms with E-state index in [1.54, 1.807) is 32.6 Å². The van der Waals surface area contributed by atoms with Crippen molar-refractivity contribution in [3.8, 4) is 5.69 Å². The van der Waals surface area contributed by atoms with Crippen molar-refractivity contribution in [1.82, 2.24) is 9.55 Å². The molecule has 1 aromatic carbocycles. The standard InChI is InChI=1S/C13H14N2O2/c1-13(2,12(16)17)10-5-3-4-6-11(10)15-8-7-14-9-15/h3-9H,1-2H3,(H,16,17). The minimum absolute atomic E-state index is 0.769. The molecule has 0 saturated carbocycles. The van der Waals surface area contributed by atoms with Crippen LogP contribution in [0.2, 0.25) is 0 Å². The smallest absolute Gasteiger partial charge is 0.313 e. The molecule has 0 radical (unpaired) electrons. The molecule has 1 aromatic heterocycles. The van der Waals surface area contributed by atoms with E-state index < -0.39 is 11.4 Å². The Morgan fingerprint density at radius 1 is 1.35 bits per heavy atom. The van der Waals surface area contributed by atoms with Gasteiger partial charge in [-0.3, -0.25) is 4.79 Å². The summed E-state index contributed by atoms with van der Waals surface area (Å²) in [6.45, 7) is 3.40. The lowest BCUT2D eigenvalue weighted by molar-refractivity contribution is -0.142. The van der Waals surface area contributed by atoms with Crippen molar-refractivity contribution >= 4 is 5.97 Å². The molecule has 0 aliphatic heterocycles. The van der Waals surface area contributed by atoms with Gasteiger partial charge in [0.25, 0.3) is 0 Å². The minimum Gasteiger partial charge on any atom is -0.481 e. The lowest BCUT2D eigenvalue weighted by Gasteiger charge is -2.23. The molecule has 0 bridgehead atoms. The van der Waals surface area contributed by atoms with Crippen molar-refractivity contribution in [1.29, 1.82) is 0 Å². The number of carbonyl (C=O) groups is 1. The number of nitrogens with zero attached hydrogens (tertiary/aromatic N) is 2. The summed E-state index contributed by atoms with van der Waals surface area (Å²) in [5.74, 6) is -0.843. The largest absolute Gasteiger partial charge is 0.481 e. The van der Waals surface area contributed by atoms with Crippen LogP contribution in [0, 0.1) is 0 Å². The van der Waals surface area contributed by atoms with E-state index in [4.69, 9.17) is 0 Å². The number of aliphatic carboxylic acids is 1. The molecule has 0 aliphatic rings. The Kier molecular flexibility index (Phi) is 2.71. The number of carboxylic acids is 1. The summed E-state index contributed by atoms with van der Waals surface area (Å²) < 4.78 is 1.82. The summed E-state index contributed by atoms with van der Waals surface area (Å²) >= 11 is 0. The van der Waals surface area contributed by atoms with Crippen molar-refractivity contribution in [2.24, 2.45) is 0 Å². The molecule has 2 rings (SSSR count). The zero-order valence-corrected chi connectivity index (χ0v) is 9.79. The lowest BCUT2D eigenvalue weighted by Crippen LogP contribution is -2.29. The van der Waals surface area contributed by atoms with Gasteiger partial charge < -0.3 is 9.67 Å². The highest BCUT2D eigenvalue weighted by molar-refractivity contribution is 5.81. The average molecular weight is 230 g/mol. The Hall–Kier alpha value is -2.10. The summed E-state index contributed by atoms with van der Waals surface area (Å²) in [5.41, 5.74) is 0.684.